The summed E-state index contributed by atoms with van der Waals surface area (Å²) < 4.78 is 10.9. The van der Waals surface area contributed by atoms with Gasteiger partial charge in [-0.2, -0.15) is 5.26 Å². The van der Waals surface area contributed by atoms with Gasteiger partial charge in [-0.1, -0.05) is 12.1 Å². The number of aryl methyl sites for hydroxylation is 1. The molecule has 2 aromatic carbocycles. The first-order chi connectivity index (χ1) is 13.2. The number of hydrogen-bond donors (Lipinski definition) is 0. The summed E-state index contributed by atoms with van der Waals surface area (Å²) in [5, 5.41) is 8.88. The van der Waals surface area contributed by atoms with Crippen molar-refractivity contribution in [3.63, 3.8) is 0 Å². The number of carbonyl (C=O) groups excluding carboxylic acids is 1. The molecule has 2 aromatic rings. The van der Waals surface area contributed by atoms with E-state index in [1.807, 2.05) is 35.2 Å². The zero-order valence-electron chi connectivity index (χ0n) is 15.8. The van der Waals surface area contributed by atoms with Gasteiger partial charge in [-0.15, -0.1) is 0 Å². The molecule has 1 atom stereocenters. The van der Waals surface area contributed by atoms with Gasteiger partial charge in [-0.05, 0) is 55.2 Å². The molecule has 0 aliphatic carbocycles. The van der Waals surface area contributed by atoms with Crippen LogP contribution in [-0.4, -0.2) is 31.6 Å². The van der Waals surface area contributed by atoms with Crippen LogP contribution in [-0.2, 0) is 11.2 Å². The van der Waals surface area contributed by atoms with E-state index in [2.05, 4.69) is 6.07 Å². The van der Waals surface area contributed by atoms with Gasteiger partial charge in [0, 0.05) is 18.5 Å². The Morgan fingerprint density at radius 2 is 1.96 bits per heavy atom. The number of rotatable bonds is 6. The van der Waals surface area contributed by atoms with E-state index < -0.39 is 0 Å². The van der Waals surface area contributed by atoms with Crippen LogP contribution in [0.2, 0.25) is 0 Å². The maximum Gasteiger partial charge on any atom is 0.223 e. The van der Waals surface area contributed by atoms with Gasteiger partial charge in [0.05, 0.1) is 31.9 Å². The van der Waals surface area contributed by atoms with Crippen LogP contribution in [0.4, 0.5) is 0 Å². The first-order valence-corrected chi connectivity index (χ1v) is 9.16. The minimum atomic E-state index is 0.0171. The summed E-state index contributed by atoms with van der Waals surface area (Å²) in [5.74, 6) is 1.70. The first-order valence-electron chi connectivity index (χ1n) is 9.16. The second kappa shape index (κ2) is 8.59. The van der Waals surface area contributed by atoms with E-state index in [0.717, 1.165) is 42.0 Å². The highest BCUT2D eigenvalue weighted by atomic mass is 16.5. The Labute approximate surface area is 160 Å². The molecule has 27 heavy (non-hydrogen) atoms. The van der Waals surface area contributed by atoms with Crippen LogP contribution < -0.4 is 9.47 Å². The molecule has 0 spiro atoms. The predicted molar refractivity (Wildman–Crippen MR) is 103 cm³/mol. The third-order valence-corrected chi connectivity index (χ3v) is 5.08. The topological polar surface area (TPSA) is 62.6 Å². The number of hydrogen-bond acceptors (Lipinski definition) is 4. The second-order valence-corrected chi connectivity index (χ2v) is 6.66. The highest BCUT2D eigenvalue weighted by Crippen LogP contribution is 2.39. The van der Waals surface area contributed by atoms with Crippen LogP contribution in [0.3, 0.4) is 0 Å². The Morgan fingerprint density at radius 3 is 2.63 bits per heavy atom. The van der Waals surface area contributed by atoms with Crippen LogP contribution in [0.25, 0.3) is 0 Å². The number of likely N-dealkylation sites (tertiary alicyclic amines) is 1. The Bertz CT molecular complexity index is 840. The van der Waals surface area contributed by atoms with Gasteiger partial charge in [0.2, 0.25) is 5.91 Å². The standard InChI is InChI=1S/C22H24N2O3/c1-26-18-10-11-21(27-2)19(14-18)20-4-3-13-24(20)22(25)12-9-16-5-7-17(15-23)8-6-16/h5-8,10-11,14,20H,3-4,9,12-13H2,1-2H3/t20-/m1/s1. The number of ether oxygens (including phenoxy) is 2. The van der Waals surface area contributed by atoms with E-state index in [1.165, 1.54) is 0 Å². The fourth-order valence-corrected chi connectivity index (χ4v) is 3.63. The molecule has 1 fully saturated rings. The summed E-state index contributed by atoms with van der Waals surface area (Å²) in [6.45, 7) is 0.761. The van der Waals surface area contributed by atoms with E-state index in [4.69, 9.17) is 14.7 Å². The molecule has 5 heteroatoms. The lowest BCUT2D eigenvalue weighted by Gasteiger charge is -2.27. The Balaban J connectivity index is 1.72. The van der Waals surface area contributed by atoms with Crippen LogP contribution in [0.5, 0.6) is 11.5 Å². The molecule has 3 rings (SSSR count). The number of carbonyl (C=O) groups is 1. The molecule has 0 unspecified atom stereocenters. The number of amides is 1. The maximum atomic E-state index is 12.9. The van der Waals surface area contributed by atoms with Crippen LogP contribution in [0, 0.1) is 11.3 Å². The molecule has 0 aromatic heterocycles. The average Bonchev–Trinajstić information content (AvgIpc) is 3.21. The Morgan fingerprint density at radius 1 is 1.19 bits per heavy atom. The van der Waals surface area contributed by atoms with Crippen molar-refractivity contribution in [3.8, 4) is 17.6 Å². The summed E-state index contributed by atoms with van der Waals surface area (Å²) in [5.41, 5.74) is 2.70. The molecule has 5 nitrogen and oxygen atoms in total. The summed E-state index contributed by atoms with van der Waals surface area (Å²) in [6.07, 6.45) is 3.03. The summed E-state index contributed by atoms with van der Waals surface area (Å²) in [4.78, 5) is 14.8. The zero-order chi connectivity index (χ0) is 19.2. The predicted octanol–water partition coefficient (Wildman–Crippen LogP) is 3.87. The molecule has 1 amide bonds. The summed E-state index contributed by atoms with van der Waals surface area (Å²) in [6, 6.07) is 15.3. The van der Waals surface area contributed by atoms with E-state index in [-0.39, 0.29) is 11.9 Å². The molecule has 0 bridgehead atoms. The van der Waals surface area contributed by atoms with Gasteiger partial charge in [0.1, 0.15) is 11.5 Å². The largest absolute Gasteiger partial charge is 0.497 e. The summed E-state index contributed by atoms with van der Waals surface area (Å²) >= 11 is 0. The van der Waals surface area contributed by atoms with Crippen molar-refractivity contribution in [2.24, 2.45) is 0 Å². The van der Waals surface area contributed by atoms with E-state index >= 15 is 0 Å². The van der Waals surface area contributed by atoms with Crippen molar-refractivity contribution in [1.82, 2.24) is 4.90 Å². The van der Waals surface area contributed by atoms with E-state index in [0.29, 0.717) is 18.4 Å². The van der Waals surface area contributed by atoms with Crippen LogP contribution >= 0.6 is 0 Å². The number of benzene rings is 2. The monoisotopic (exact) mass is 364 g/mol. The Hall–Kier alpha value is -3.00. The molecule has 1 aliphatic rings. The SMILES string of the molecule is COc1ccc(OC)c([C@H]2CCCN2C(=O)CCc2ccc(C#N)cc2)c1. The minimum Gasteiger partial charge on any atom is -0.497 e. The van der Waals surface area contributed by atoms with Crippen LogP contribution in [0.1, 0.15) is 42.0 Å². The normalized spacial score (nSPS) is 16.0. The second-order valence-electron chi connectivity index (χ2n) is 6.66. The van der Waals surface area contributed by atoms with E-state index in [1.54, 1.807) is 26.4 Å². The number of methoxy groups -OCH3 is 2. The maximum absolute atomic E-state index is 12.9. The molecule has 0 N–H and O–H groups in total. The number of nitrogens with zero attached hydrogens (tertiary/aromatic N) is 2. The van der Waals surface area contributed by atoms with Gasteiger partial charge < -0.3 is 14.4 Å². The van der Waals surface area contributed by atoms with Crippen molar-refractivity contribution in [2.45, 2.75) is 31.7 Å². The molecular formula is C22H24N2O3. The molecule has 140 valence electrons. The molecule has 1 aliphatic heterocycles. The average molecular weight is 364 g/mol. The van der Waals surface area contributed by atoms with Gasteiger partial charge in [-0.25, -0.2) is 0 Å². The summed E-state index contributed by atoms with van der Waals surface area (Å²) in [7, 11) is 3.29. The van der Waals surface area contributed by atoms with Gasteiger partial charge in [0.25, 0.3) is 0 Å². The van der Waals surface area contributed by atoms with Crippen molar-refractivity contribution >= 4 is 5.91 Å². The minimum absolute atomic E-state index is 0.0171. The molecular weight excluding hydrogens is 340 g/mol. The molecule has 0 radical (unpaired) electrons. The Kier molecular flexibility index (Phi) is 5.97. The smallest absolute Gasteiger partial charge is 0.223 e. The quantitative estimate of drug-likeness (QED) is 0.780. The van der Waals surface area contributed by atoms with Gasteiger partial charge >= 0.3 is 0 Å². The lowest BCUT2D eigenvalue weighted by molar-refractivity contribution is -0.132. The van der Waals surface area contributed by atoms with Crippen molar-refractivity contribution in [2.75, 3.05) is 20.8 Å². The zero-order valence-corrected chi connectivity index (χ0v) is 15.8. The van der Waals surface area contributed by atoms with Crippen molar-refractivity contribution in [3.05, 3.63) is 59.2 Å². The van der Waals surface area contributed by atoms with Crippen molar-refractivity contribution in [1.29, 1.82) is 5.26 Å². The highest BCUT2D eigenvalue weighted by Gasteiger charge is 2.31. The lowest BCUT2D eigenvalue weighted by Crippen LogP contribution is -2.31. The third kappa shape index (κ3) is 4.22. The highest BCUT2D eigenvalue weighted by molar-refractivity contribution is 5.77. The number of nitriles is 1. The fraction of sp³-hybridized carbons (Fsp3) is 0.364. The van der Waals surface area contributed by atoms with Gasteiger partial charge in [0.15, 0.2) is 0 Å². The molecule has 1 saturated heterocycles. The molecule has 1 heterocycles. The molecule has 0 saturated carbocycles. The van der Waals surface area contributed by atoms with E-state index in [9.17, 15) is 4.79 Å². The first kappa shape index (κ1) is 18.8. The van der Waals surface area contributed by atoms with Crippen molar-refractivity contribution < 1.29 is 14.3 Å². The third-order valence-electron chi connectivity index (χ3n) is 5.08. The van der Waals surface area contributed by atoms with Gasteiger partial charge in [-0.3, -0.25) is 4.79 Å². The fourth-order valence-electron chi connectivity index (χ4n) is 3.63. The van der Waals surface area contributed by atoms with Crippen LogP contribution in [0.15, 0.2) is 42.5 Å². The lowest BCUT2D eigenvalue weighted by atomic mass is 10.0.